The van der Waals surface area contributed by atoms with E-state index in [2.05, 4.69) is 36.2 Å². The average molecular weight is 227 g/mol. The minimum Gasteiger partial charge on any atom is -0.327 e. The van der Waals surface area contributed by atoms with Gasteiger partial charge in [-0.15, -0.1) is 0 Å². The number of nitrogens with zero attached hydrogens (tertiary/aromatic N) is 1. The predicted octanol–water partition coefficient (Wildman–Crippen LogP) is 2.53. The zero-order valence-corrected chi connectivity index (χ0v) is 10.1. The van der Waals surface area contributed by atoms with E-state index in [4.69, 9.17) is 5.73 Å². The lowest BCUT2D eigenvalue weighted by Crippen LogP contribution is -2.06. The molecule has 3 heteroatoms. The Hall–Kier alpha value is -1.61. The van der Waals surface area contributed by atoms with Gasteiger partial charge in [0.1, 0.15) is 0 Å². The Morgan fingerprint density at radius 3 is 2.47 bits per heavy atom. The molecule has 0 bridgehead atoms. The van der Waals surface area contributed by atoms with Crippen molar-refractivity contribution >= 4 is 0 Å². The summed E-state index contributed by atoms with van der Waals surface area (Å²) in [5.74, 6) is 0.413. The van der Waals surface area contributed by atoms with Crippen LogP contribution in [0.15, 0.2) is 36.5 Å². The fraction of sp³-hybridized carbons (Fsp3) is 0.357. The molecular formula is C14H17N3. The summed E-state index contributed by atoms with van der Waals surface area (Å²) in [5, 5.41) is 7.28. The molecule has 1 heterocycles. The quantitative estimate of drug-likeness (QED) is 0.828. The maximum absolute atomic E-state index is 6.14. The molecule has 1 aliphatic rings. The lowest BCUT2D eigenvalue weighted by molar-refractivity contribution is 0.599. The third-order valence-corrected chi connectivity index (χ3v) is 3.98. The molecule has 2 atom stereocenters. The van der Waals surface area contributed by atoms with Crippen LogP contribution in [-0.4, -0.2) is 16.2 Å². The van der Waals surface area contributed by atoms with E-state index in [-0.39, 0.29) is 11.5 Å². The molecule has 0 unspecified atom stereocenters. The summed E-state index contributed by atoms with van der Waals surface area (Å²) in [6.07, 6.45) is 1.92. The number of H-pyrrole nitrogens is 1. The minimum atomic E-state index is 0.188. The van der Waals surface area contributed by atoms with Gasteiger partial charge < -0.3 is 5.73 Å². The first-order valence-electron chi connectivity index (χ1n) is 5.96. The highest BCUT2D eigenvalue weighted by Gasteiger charge is 2.57. The van der Waals surface area contributed by atoms with E-state index < -0.39 is 0 Å². The first-order chi connectivity index (χ1) is 8.12. The van der Waals surface area contributed by atoms with E-state index >= 15 is 0 Å². The molecule has 1 aromatic heterocycles. The molecule has 2 aromatic rings. The van der Waals surface area contributed by atoms with Crippen molar-refractivity contribution in [1.29, 1.82) is 0 Å². The smallest absolute Gasteiger partial charge is 0.0685 e. The number of hydrogen-bond donors (Lipinski definition) is 2. The number of rotatable bonds is 2. The van der Waals surface area contributed by atoms with Crippen molar-refractivity contribution in [3.05, 3.63) is 42.1 Å². The molecule has 88 valence electrons. The molecule has 0 amide bonds. The van der Waals surface area contributed by atoms with Crippen LogP contribution < -0.4 is 5.73 Å². The monoisotopic (exact) mass is 227 g/mol. The van der Waals surface area contributed by atoms with Gasteiger partial charge in [-0.2, -0.15) is 5.10 Å². The van der Waals surface area contributed by atoms with E-state index in [9.17, 15) is 0 Å². The molecule has 1 saturated carbocycles. The zero-order valence-electron chi connectivity index (χ0n) is 10.1. The molecule has 3 nitrogen and oxygen atoms in total. The molecule has 3 N–H and O–H groups in total. The van der Waals surface area contributed by atoms with Crippen LogP contribution in [0.4, 0.5) is 0 Å². The van der Waals surface area contributed by atoms with Crippen LogP contribution >= 0.6 is 0 Å². The lowest BCUT2D eigenvalue weighted by atomic mass is 10.0. The van der Waals surface area contributed by atoms with E-state index in [0.29, 0.717) is 5.92 Å². The van der Waals surface area contributed by atoms with Crippen LogP contribution in [0.2, 0.25) is 0 Å². The number of benzene rings is 1. The molecule has 1 fully saturated rings. The molecule has 1 aliphatic carbocycles. The van der Waals surface area contributed by atoms with E-state index in [0.717, 1.165) is 5.69 Å². The zero-order chi connectivity index (χ0) is 12.0. The van der Waals surface area contributed by atoms with Gasteiger partial charge in [-0.05, 0) is 11.0 Å². The predicted molar refractivity (Wildman–Crippen MR) is 68.5 cm³/mol. The van der Waals surface area contributed by atoms with Crippen LogP contribution in [0, 0.1) is 5.41 Å². The topological polar surface area (TPSA) is 54.7 Å². The van der Waals surface area contributed by atoms with E-state index in [1.165, 1.54) is 11.1 Å². The molecule has 1 aromatic carbocycles. The summed E-state index contributed by atoms with van der Waals surface area (Å²) in [5.41, 5.74) is 9.86. The third-order valence-electron chi connectivity index (χ3n) is 3.98. The second kappa shape index (κ2) is 3.44. The Balaban J connectivity index is 2.02. The second-order valence-electron chi connectivity index (χ2n) is 5.39. The minimum absolute atomic E-state index is 0.188. The Morgan fingerprint density at radius 2 is 1.88 bits per heavy atom. The Morgan fingerprint density at radius 1 is 1.24 bits per heavy atom. The van der Waals surface area contributed by atoms with Crippen LogP contribution in [0.25, 0.3) is 11.3 Å². The summed E-state index contributed by atoms with van der Waals surface area (Å²) in [6.45, 7) is 4.42. The van der Waals surface area contributed by atoms with Crippen molar-refractivity contribution in [2.45, 2.75) is 25.8 Å². The Kier molecular flexibility index (Phi) is 2.13. The SMILES string of the molecule is CC1(C)[C@@H](N)[C@@H]1c1cn[nH]c1-c1ccccc1. The number of aromatic amines is 1. The summed E-state index contributed by atoms with van der Waals surface area (Å²) in [4.78, 5) is 0. The van der Waals surface area contributed by atoms with Crippen molar-refractivity contribution in [3.8, 4) is 11.3 Å². The summed E-state index contributed by atoms with van der Waals surface area (Å²) in [6, 6.07) is 10.5. The standard InChI is InChI=1S/C14H17N3/c1-14(2)11(13(14)15)10-8-16-17-12(10)9-6-4-3-5-7-9/h3-8,11,13H,15H2,1-2H3,(H,16,17)/t11-,13-/m0/s1. The highest BCUT2D eigenvalue weighted by Crippen LogP contribution is 2.58. The average Bonchev–Trinajstić information content (AvgIpc) is 2.72. The molecule has 0 saturated heterocycles. The number of aromatic nitrogens is 2. The molecule has 0 aliphatic heterocycles. The van der Waals surface area contributed by atoms with Gasteiger partial charge >= 0.3 is 0 Å². The summed E-state index contributed by atoms with van der Waals surface area (Å²) >= 11 is 0. The molecule has 0 spiro atoms. The highest BCUT2D eigenvalue weighted by molar-refractivity contribution is 5.64. The van der Waals surface area contributed by atoms with Crippen molar-refractivity contribution in [2.24, 2.45) is 11.1 Å². The summed E-state index contributed by atoms with van der Waals surface area (Å²) < 4.78 is 0. The molecule has 17 heavy (non-hydrogen) atoms. The molecule has 3 rings (SSSR count). The van der Waals surface area contributed by atoms with Gasteiger partial charge in [-0.25, -0.2) is 0 Å². The van der Waals surface area contributed by atoms with E-state index in [1.807, 2.05) is 24.4 Å². The first kappa shape index (κ1) is 10.5. The maximum Gasteiger partial charge on any atom is 0.0685 e. The van der Waals surface area contributed by atoms with Gasteiger partial charge in [0.15, 0.2) is 0 Å². The Bertz CT molecular complexity index is 527. The van der Waals surface area contributed by atoms with Gasteiger partial charge in [0.25, 0.3) is 0 Å². The van der Waals surface area contributed by atoms with Gasteiger partial charge in [-0.3, -0.25) is 5.10 Å². The van der Waals surface area contributed by atoms with Gasteiger partial charge in [0, 0.05) is 17.5 Å². The van der Waals surface area contributed by atoms with Crippen molar-refractivity contribution in [1.82, 2.24) is 10.2 Å². The van der Waals surface area contributed by atoms with Crippen LogP contribution in [0.5, 0.6) is 0 Å². The lowest BCUT2D eigenvalue weighted by Gasteiger charge is -2.04. The fourth-order valence-electron chi connectivity index (χ4n) is 2.64. The second-order valence-corrected chi connectivity index (χ2v) is 5.39. The van der Waals surface area contributed by atoms with Crippen molar-refractivity contribution < 1.29 is 0 Å². The van der Waals surface area contributed by atoms with Gasteiger partial charge in [0.05, 0.1) is 11.9 Å². The molecular weight excluding hydrogens is 210 g/mol. The van der Waals surface area contributed by atoms with E-state index in [1.54, 1.807) is 0 Å². The number of hydrogen-bond acceptors (Lipinski definition) is 2. The number of nitrogens with one attached hydrogen (secondary N) is 1. The third kappa shape index (κ3) is 1.50. The first-order valence-corrected chi connectivity index (χ1v) is 5.96. The summed E-state index contributed by atoms with van der Waals surface area (Å²) in [7, 11) is 0. The highest BCUT2D eigenvalue weighted by atomic mass is 15.1. The van der Waals surface area contributed by atoms with Crippen LogP contribution in [0.3, 0.4) is 0 Å². The maximum atomic E-state index is 6.14. The van der Waals surface area contributed by atoms with Crippen LogP contribution in [-0.2, 0) is 0 Å². The normalized spacial score (nSPS) is 25.8. The van der Waals surface area contributed by atoms with Gasteiger partial charge in [-0.1, -0.05) is 44.2 Å². The van der Waals surface area contributed by atoms with Gasteiger partial charge in [0.2, 0.25) is 0 Å². The van der Waals surface area contributed by atoms with Crippen LogP contribution in [0.1, 0.15) is 25.3 Å². The largest absolute Gasteiger partial charge is 0.327 e. The van der Waals surface area contributed by atoms with Crippen molar-refractivity contribution in [2.75, 3.05) is 0 Å². The Labute approximate surface area is 101 Å². The van der Waals surface area contributed by atoms with Crippen molar-refractivity contribution in [3.63, 3.8) is 0 Å². The molecule has 0 radical (unpaired) electrons. The number of nitrogens with two attached hydrogens (primary N) is 1. The fourth-order valence-corrected chi connectivity index (χ4v) is 2.64.